The van der Waals surface area contributed by atoms with Crippen molar-refractivity contribution < 1.29 is 36.3 Å². The molecule has 0 amide bonds. The van der Waals surface area contributed by atoms with Gasteiger partial charge in [-0.25, -0.2) is 32.5 Å². The average molecular weight is 928 g/mol. The highest BCUT2D eigenvalue weighted by molar-refractivity contribution is 7.52. The minimum absolute atomic E-state index is 0.128. The number of rotatable bonds is 17. The number of tetrazole rings is 1. The molecular formula is C45H46F4N11O5P. The number of hydrogen-bond donors (Lipinski definition) is 1. The monoisotopic (exact) mass is 927 g/mol. The second-order valence-corrected chi connectivity index (χ2v) is 18.0. The fourth-order valence-electron chi connectivity index (χ4n) is 8.00. The maximum absolute atomic E-state index is 16.2. The SMILES string of the molecule is CC[C@@H]([C@H](C)OP(C)(=O)OCc1ccccc1)n1ncn(-c2ccc(N3CCN(c4ccc(-c5ccc(C(F)(F)[C@](O)(Cn6cnnn6)c6ccc(F)cc6F)nc5)cc4)CC3)cn2)c1=O. The lowest BCUT2D eigenvalue weighted by molar-refractivity contribution is -0.207. The van der Waals surface area contributed by atoms with E-state index in [1.807, 2.05) is 67.6 Å². The second kappa shape index (κ2) is 19.1. The summed E-state index contributed by atoms with van der Waals surface area (Å²) in [5, 5.41) is 26.2. The van der Waals surface area contributed by atoms with Gasteiger partial charge in [-0.05, 0) is 77.4 Å². The van der Waals surface area contributed by atoms with Crippen LogP contribution in [0.4, 0.5) is 28.9 Å². The number of pyridine rings is 2. The zero-order valence-electron chi connectivity index (χ0n) is 36.1. The standard InChI is InChI=1S/C45H46F4N11O5P/c1-4-40(31(2)65-66(3,63)64-27-32-8-6-5-7-9-32)60-43(61)59(30-53-60)42-19-16-37(26-51-42)57-22-20-56(21-23-57)36-14-10-33(11-15-36)34-12-18-41(50-25-34)45(48,49)44(62,28-58-29-52-54-55-58)38-17-13-35(46)24-39(38)47/h5-19,24-26,29-31,40,62H,4,20-23,27-28H2,1-3H3/t31-,40-,44-,66?/m0/s1. The predicted molar refractivity (Wildman–Crippen MR) is 236 cm³/mol. The van der Waals surface area contributed by atoms with Crippen LogP contribution in [0, 0.1) is 11.6 Å². The highest BCUT2D eigenvalue weighted by Crippen LogP contribution is 2.48. The molecule has 0 saturated carbocycles. The summed E-state index contributed by atoms with van der Waals surface area (Å²) in [6.45, 7) is 7.00. The molecule has 1 aliphatic heterocycles. The summed E-state index contributed by atoms with van der Waals surface area (Å²) < 4.78 is 89.4. The smallest absolute Gasteiger partial charge is 0.351 e. The van der Waals surface area contributed by atoms with Gasteiger partial charge in [-0.3, -0.25) is 9.55 Å². The van der Waals surface area contributed by atoms with Gasteiger partial charge in [-0.2, -0.15) is 13.9 Å². The van der Waals surface area contributed by atoms with Gasteiger partial charge in [0, 0.05) is 61.9 Å². The molecule has 1 unspecified atom stereocenters. The zero-order valence-corrected chi connectivity index (χ0v) is 37.0. The zero-order chi connectivity index (χ0) is 46.6. The van der Waals surface area contributed by atoms with Crippen molar-refractivity contribution >= 4 is 19.0 Å². The topological polar surface area (TPSA) is 171 Å². The van der Waals surface area contributed by atoms with E-state index in [1.165, 1.54) is 34.5 Å². The summed E-state index contributed by atoms with van der Waals surface area (Å²) in [7, 11) is -3.46. The molecule has 3 aromatic carbocycles. The van der Waals surface area contributed by atoms with E-state index in [0.717, 1.165) is 46.1 Å². The van der Waals surface area contributed by atoms with Crippen LogP contribution in [-0.2, 0) is 38.3 Å². The van der Waals surface area contributed by atoms with E-state index in [2.05, 4.69) is 40.4 Å². The number of aliphatic hydroxyl groups is 1. The van der Waals surface area contributed by atoms with Crippen LogP contribution in [0.15, 0.2) is 127 Å². The van der Waals surface area contributed by atoms with Crippen LogP contribution in [0.2, 0.25) is 0 Å². The number of alkyl halides is 2. The molecule has 344 valence electrons. The van der Waals surface area contributed by atoms with E-state index in [0.29, 0.717) is 55.6 Å². The Morgan fingerprint density at radius 1 is 0.848 bits per heavy atom. The first-order valence-electron chi connectivity index (χ1n) is 21.1. The molecule has 8 rings (SSSR count). The molecular weight excluding hydrogens is 882 g/mol. The summed E-state index contributed by atoms with van der Waals surface area (Å²) in [5.74, 6) is -6.15. The third-order valence-electron chi connectivity index (χ3n) is 11.6. The number of halogens is 4. The Hall–Kier alpha value is -6.60. The summed E-state index contributed by atoms with van der Waals surface area (Å²) in [6, 6.07) is 24.5. The van der Waals surface area contributed by atoms with Crippen molar-refractivity contribution in [2.75, 3.05) is 42.6 Å². The van der Waals surface area contributed by atoms with Gasteiger partial charge in [0.15, 0.2) is 5.60 Å². The first-order valence-corrected chi connectivity index (χ1v) is 23.0. The first kappa shape index (κ1) is 45.9. The second-order valence-electron chi connectivity index (χ2n) is 15.9. The molecule has 1 aliphatic rings. The number of nitrogens with zero attached hydrogens (tertiary/aromatic N) is 11. The number of piperazine rings is 1. The van der Waals surface area contributed by atoms with Gasteiger partial charge < -0.3 is 24.0 Å². The molecule has 16 nitrogen and oxygen atoms in total. The van der Waals surface area contributed by atoms with Crippen molar-refractivity contribution in [2.24, 2.45) is 0 Å². The van der Waals surface area contributed by atoms with E-state index >= 15 is 8.78 Å². The minimum Gasteiger partial charge on any atom is -0.377 e. The Bertz CT molecular complexity index is 2830. The molecule has 7 aromatic rings. The lowest BCUT2D eigenvalue weighted by Crippen LogP contribution is -2.48. The summed E-state index contributed by atoms with van der Waals surface area (Å²) >= 11 is 0. The molecule has 1 fully saturated rings. The predicted octanol–water partition coefficient (Wildman–Crippen LogP) is 7.16. The highest BCUT2D eigenvalue weighted by Gasteiger charge is 2.58. The maximum Gasteiger partial charge on any atom is 0.351 e. The quantitative estimate of drug-likeness (QED) is 0.0722. The van der Waals surface area contributed by atoms with E-state index in [9.17, 15) is 23.2 Å². The van der Waals surface area contributed by atoms with Gasteiger partial charge in [0.25, 0.3) is 0 Å². The van der Waals surface area contributed by atoms with E-state index in [4.69, 9.17) is 9.05 Å². The van der Waals surface area contributed by atoms with Gasteiger partial charge in [0.1, 0.15) is 35.8 Å². The summed E-state index contributed by atoms with van der Waals surface area (Å²) in [5.41, 5.74) is -1.42. The van der Waals surface area contributed by atoms with Crippen molar-refractivity contribution in [3.63, 3.8) is 0 Å². The Kier molecular flexibility index (Phi) is 13.3. The highest BCUT2D eigenvalue weighted by atomic mass is 31.2. The average Bonchev–Trinajstić information content (AvgIpc) is 3.98. The van der Waals surface area contributed by atoms with Crippen LogP contribution in [-0.4, -0.2) is 88.6 Å². The van der Waals surface area contributed by atoms with Crippen molar-refractivity contribution in [3.05, 3.63) is 161 Å². The fraction of sp³-hybridized carbons (Fsp3) is 0.311. The Labute approximate surface area is 376 Å². The van der Waals surface area contributed by atoms with Crippen LogP contribution >= 0.6 is 7.60 Å². The lowest BCUT2D eigenvalue weighted by Gasteiger charge is -2.37. The van der Waals surface area contributed by atoms with Crippen LogP contribution in [0.25, 0.3) is 16.9 Å². The third kappa shape index (κ3) is 9.67. The summed E-state index contributed by atoms with van der Waals surface area (Å²) in [6.07, 6.45) is 5.20. The van der Waals surface area contributed by atoms with Gasteiger partial charge in [0.05, 0.1) is 37.2 Å². The Morgan fingerprint density at radius 2 is 1.55 bits per heavy atom. The fourth-order valence-corrected chi connectivity index (χ4v) is 9.19. The van der Waals surface area contributed by atoms with Crippen LogP contribution in [0.1, 0.15) is 43.1 Å². The molecule has 0 spiro atoms. The number of aromatic nitrogens is 9. The van der Waals surface area contributed by atoms with Crippen LogP contribution in [0.3, 0.4) is 0 Å². The number of benzene rings is 3. The van der Waals surface area contributed by atoms with Gasteiger partial charge in [-0.15, -0.1) is 5.10 Å². The van der Waals surface area contributed by atoms with Crippen molar-refractivity contribution in [2.45, 2.75) is 57.1 Å². The van der Waals surface area contributed by atoms with Gasteiger partial charge >= 0.3 is 19.2 Å². The van der Waals surface area contributed by atoms with E-state index in [1.54, 1.807) is 19.2 Å². The van der Waals surface area contributed by atoms with Crippen molar-refractivity contribution in [3.8, 4) is 16.9 Å². The van der Waals surface area contributed by atoms with Crippen molar-refractivity contribution in [1.82, 2.24) is 44.5 Å². The maximum atomic E-state index is 16.2. The van der Waals surface area contributed by atoms with Gasteiger partial charge in [-0.1, -0.05) is 55.5 Å². The molecule has 21 heteroatoms. The Morgan fingerprint density at radius 3 is 2.17 bits per heavy atom. The third-order valence-corrected chi connectivity index (χ3v) is 12.9. The molecule has 0 radical (unpaired) electrons. The van der Waals surface area contributed by atoms with E-state index in [-0.39, 0.29) is 6.61 Å². The molecule has 4 aromatic heterocycles. The molecule has 1 N–H and O–H groups in total. The van der Waals surface area contributed by atoms with Gasteiger partial charge in [0.2, 0.25) is 0 Å². The molecule has 4 atom stereocenters. The largest absolute Gasteiger partial charge is 0.377 e. The molecule has 0 bridgehead atoms. The molecule has 66 heavy (non-hydrogen) atoms. The van der Waals surface area contributed by atoms with Crippen LogP contribution < -0.4 is 15.5 Å². The number of anilines is 2. The molecule has 5 heterocycles. The first-order chi connectivity index (χ1) is 31.7. The lowest BCUT2D eigenvalue weighted by atomic mass is 9.84. The normalized spacial score (nSPS) is 16.1. The van der Waals surface area contributed by atoms with E-state index < -0.39 is 66.4 Å². The summed E-state index contributed by atoms with van der Waals surface area (Å²) in [4.78, 5) is 26.6. The number of hydrogen-bond acceptors (Lipinski definition) is 13. The van der Waals surface area contributed by atoms with Crippen LogP contribution in [0.5, 0.6) is 0 Å². The Balaban J connectivity index is 0.874. The van der Waals surface area contributed by atoms with Crippen molar-refractivity contribution in [1.29, 1.82) is 0 Å². The minimum atomic E-state index is -4.18. The molecule has 0 aliphatic carbocycles. The molecule has 1 saturated heterocycles.